The molecule has 0 saturated heterocycles. The maximum absolute atomic E-state index is 11.0. The highest BCUT2D eigenvalue weighted by Gasteiger charge is 2.07. The zero-order valence-electron chi connectivity index (χ0n) is 8.77. The van der Waals surface area contributed by atoms with E-state index in [0.717, 1.165) is 23.0 Å². The van der Waals surface area contributed by atoms with Crippen LogP contribution in [0.2, 0.25) is 5.02 Å². The van der Waals surface area contributed by atoms with E-state index in [2.05, 4.69) is 4.98 Å². The van der Waals surface area contributed by atoms with E-state index < -0.39 is 0 Å². The predicted molar refractivity (Wildman–Crippen MR) is 64.8 cm³/mol. The molecule has 0 spiro atoms. The molecule has 1 aromatic carbocycles. The molecule has 0 N–H and O–H groups in total. The minimum absolute atomic E-state index is 0.622. The lowest BCUT2D eigenvalue weighted by Gasteiger charge is -2.08. The molecule has 0 aliphatic rings. The molecule has 1 aromatic heterocycles. The Morgan fingerprint density at radius 1 is 1.25 bits per heavy atom. The first-order valence-corrected chi connectivity index (χ1v) is 5.26. The van der Waals surface area contributed by atoms with Crippen LogP contribution in [0.5, 0.6) is 0 Å². The number of aryl methyl sites for hydroxylation is 1. The van der Waals surface area contributed by atoms with Gasteiger partial charge in [-0.2, -0.15) is 0 Å². The summed E-state index contributed by atoms with van der Waals surface area (Å²) >= 11 is 5.94. The van der Waals surface area contributed by atoms with E-state index in [-0.39, 0.29) is 0 Å². The fraction of sp³-hybridized carbons (Fsp3) is 0.0769. The van der Waals surface area contributed by atoms with Gasteiger partial charge in [0.15, 0.2) is 6.29 Å². The van der Waals surface area contributed by atoms with E-state index in [1.165, 1.54) is 0 Å². The SMILES string of the molecule is Cc1cnccc1-c1cc(Cl)ccc1C=O. The largest absolute Gasteiger partial charge is 0.298 e. The van der Waals surface area contributed by atoms with Crippen LogP contribution in [0.15, 0.2) is 36.7 Å². The second kappa shape index (κ2) is 4.45. The van der Waals surface area contributed by atoms with Crippen molar-refractivity contribution in [1.82, 2.24) is 4.98 Å². The highest BCUT2D eigenvalue weighted by atomic mass is 35.5. The first-order chi connectivity index (χ1) is 7.72. The molecule has 0 aliphatic carbocycles. The van der Waals surface area contributed by atoms with Crippen molar-refractivity contribution >= 4 is 17.9 Å². The van der Waals surface area contributed by atoms with E-state index >= 15 is 0 Å². The Morgan fingerprint density at radius 2 is 2.06 bits per heavy atom. The summed E-state index contributed by atoms with van der Waals surface area (Å²) < 4.78 is 0. The number of aromatic nitrogens is 1. The first-order valence-electron chi connectivity index (χ1n) is 4.88. The summed E-state index contributed by atoms with van der Waals surface area (Å²) in [4.78, 5) is 15.0. The summed E-state index contributed by atoms with van der Waals surface area (Å²) in [5, 5.41) is 0.622. The number of aldehydes is 1. The number of carbonyl (C=O) groups is 1. The Bertz CT molecular complexity index is 537. The molecule has 16 heavy (non-hydrogen) atoms. The summed E-state index contributed by atoms with van der Waals surface area (Å²) in [5.41, 5.74) is 3.49. The van der Waals surface area contributed by atoms with Crippen LogP contribution in [-0.4, -0.2) is 11.3 Å². The molecule has 0 fully saturated rings. The second-order valence-electron chi connectivity index (χ2n) is 3.54. The van der Waals surface area contributed by atoms with Gasteiger partial charge in [-0.25, -0.2) is 0 Å². The van der Waals surface area contributed by atoms with Gasteiger partial charge >= 0.3 is 0 Å². The number of carbonyl (C=O) groups excluding carboxylic acids is 1. The quantitative estimate of drug-likeness (QED) is 0.741. The number of hydrogen-bond acceptors (Lipinski definition) is 2. The molecule has 0 bridgehead atoms. The van der Waals surface area contributed by atoms with Crippen molar-refractivity contribution in [1.29, 1.82) is 0 Å². The summed E-state index contributed by atoms with van der Waals surface area (Å²) in [7, 11) is 0. The zero-order valence-corrected chi connectivity index (χ0v) is 9.53. The molecule has 0 unspecified atom stereocenters. The van der Waals surface area contributed by atoms with Gasteiger partial charge in [0.05, 0.1) is 0 Å². The maximum Gasteiger partial charge on any atom is 0.150 e. The minimum atomic E-state index is 0.622. The molecule has 0 atom stereocenters. The van der Waals surface area contributed by atoms with E-state index in [1.54, 1.807) is 30.6 Å². The molecule has 0 aliphatic heterocycles. The predicted octanol–water partition coefficient (Wildman–Crippen LogP) is 3.52. The molecule has 2 aromatic rings. The molecule has 3 heteroatoms. The van der Waals surface area contributed by atoms with Crippen molar-refractivity contribution in [3.8, 4) is 11.1 Å². The normalized spacial score (nSPS) is 10.1. The molecule has 0 saturated carbocycles. The molecule has 2 rings (SSSR count). The van der Waals surface area contributed by atoms with E-state index in [9.17, 15) is 4.79 Å². The standard InChI is InChI=1S/C13H10ClNO/c1-9-7-15-5-4-12(9)13-6-11(14)3-2-10(13)8-16/h2-8H,1H3. The number of rotatable bonds is 2. The van der Waals surface area contributed by atoms with Crippen LogP contribution in [0.3, 0.4) is 0 Å². The molecule has 1 heterocycles. The Balaban J connectivity index is 2.67. The average molecular weight is 232 g/mol. The molecular weight excluding hydrogens is 222 g/mol. The number of benzene rings is 1. The van der Waals surface area contributed by atoms with E-state index in [1.807, 2.05) is 13.0 Å². The summed E-state index contributed by atoms with van der Waals surface area (Å²) in [6, 6.07) is 7.12. The van der Waals surface area contributed by atoms with Crippen LogP contribution in [-0.2, 0) is 0 Å². The third-order valence-corrected chi connectivity index (χ3v) is 2.69. The number of halogens is 1. The average Bonchev–Trinajstić information content (AvgIpc) is 2.29. The highest BCUT2D eigenvalue weighted by molar-refractivity contribution is 6.31. The molecule has 0 amide bonds. The van der Waals surface area contributed by atoms with Crippen LogP contribution in [0.1, 0.15) is 15.9 Å². The number of hydrogen-bond donors (Lipinski definition) is 0. The van der Waals surface area contributed by atoms with Crippen molar-refractivity contribution in [2.75, 3.05) is 0 Å². The van der Waals surface area contributed by atoms with E-state index in [0.29, 0.717) is 10.6 Å². The van der Waals surface area contributed by atoms with Crippen LogP contribution in [0, 0.1) is 6.92 Å². The van der Waals surface area contributed by atoms with Crippen molar-refractivity contribution in [2.45, 2.75) is 6.92 Å². The molecule has 0 radical (unpaired) electrons. The van der Waals surface area contributed by atoms with Gasteiger partial charge in [-0.1, -0.05) is 11.6 Å². The lowest BCUT2D eigenvalue weighted by Crippen LogP contribution is -1.90. The zero-order chi connectivity index (χ0) is 11.5. The number of nitrogens with zero attached hydrogens (tertiary/aromatic N) is 1. The first kappa shape index (κ1) is 10.8. The van der Waals surface area contributed by atoms with Gasteiger partial charge in [0.25, 0.3) is 0 Å². The van der Waals surface area contributed by atoms with Crippen LogP contribution >= 0.6 is 11.6 Å². The fourth-order valence-electron chi connectivity index (χ4n) is 1.64. The third-order valence-electron chi connectivity index (χ3n) is 2.45. The Hall–Kier alpha value is -1.67. The van der Waals surface area contributed by atoms with E-state index in [4.69, 9.17) is 11.6 Å². The second-order valence-corrected chi connectivity index (χ2v) is 3.98. The summed E-state index contributed by atoms with van der Waals surface area (Å²) in [6.45, 7) is 1.96. The van der Waals surface area contributed by atoms with Gasteiger partial charge in [0, 0.05) is 23.0 Å². The molecule has 80 valence electrons. The van der Waals surface area contributed by atoms with Crippen molar-refractivity contribution in [3.05, 3.63) is 52.8 Å². The maximum atomic E-state index is 11.0. The van der Waals surface area contributed by atoms with Gasteiger partial charge in [-0.05, 0) is 47.9 Å². The minimum Gasteiger partial charge on any atom is -0.298 e. The molecular formula is C13H10ClNO. The highest BCUT2D eigenvalue weighted by Crippen LogP contribution is 2.28. The molecule has 2 nitrogen and oxygen atoms in total. The van der Waals surface area contributed by atoms with Crippen molar-refractivity contribution < 1.29 is 4.79 Å². The Labute approximate surface area is 98.9 Å². The lowest BCUT2D eigenvalue weighted by molar-refractivity contribution is 0.112. The van der Waals surface area contributed by atoms with Crippen LogP contribution in [0.25, 0.3) is 11.1 Å². The Kier molecular flexibility index (Phi) is 3.02. The van der Waals surface area contributed by atoms with Gasteiger partial charge in [-0.15, -0.1) is 0 Å². The lowest BCUT2D eigenvalue weighted by atomic mass is 9.98. The Morgan fingerprint density at radius 3 is 2.75 bits per heavy atom. The van der Waals surface area contributed by atoms with Gasteiger partial charge in [-0.3, -0.25) is 9.78 Å². The van der Waals surface area contributed by atoms with Crippen molar-refractivity contribution in [2.24, 2.45) is 0 Å². The van der Waals surface area contributed by atoms with Gasteiger partial charge in [0.2, 0.25) is 0 Å². The van der Waals surface area contributed by atoms with Crippen LogP contribution < -0.4 is 0 Å². The number of pyridine rings is 1. The van der Waals surface area contributed by atoms with Gasteiger partial charge in [0.1, 0.15) is 0 Å². The third kappa shape index (κ3) is 1.97. The van der Waals surface area contributed by atoms with Crippen molar-refractivity contribution in [3.63, 3.8) is 0 Å². The topological polar surface area (TPSA) is 30.0 Å². The monoisotopic (exact) mass is 231 g/mol. The summed E-state index contributed by atoms with van der Waals surface area (Å²) in [6.07, 6.45) is 4.31. The summed E-state index contributed by atoms with van der Waals surface area (Å²) in [5.74, 6) is 0. The van der Waals surface area contributed by atoms with Crippen LogP contribution in [0.4, 0.5) is 0 Å². The van der Waals surface area contributed by atoms with Gasteiger partial charge < -0.3 is 0 Å². The fourth-order valence-corrected chi connectivity index (χ4v) is 1.81. The smallest absolute Gasteiger partial charge is 0.150 e.